The molecule has 1 aliphatic rings. The standard InChI is InChI=1S/C23H26FN3O3S/c1-16-7-8-20-22(17(16)2)25-23(31-20)27(10-9-26-11-13-29-14-12-26)21(28)15-30-19-6-4-3-5-18(19)24/h3-8H,9-15H2,1-2H3. The zero-order chi connectivity index (χ0) is 21.8. The SMILES string of the molecule is Cc1ccc2sc(N(CCN3CCOCC3)C(=O)COc3ccccc3F)nc2c1C. The molecule has 0 radical (unpaired) electrons. The Balaban J connectivity index is 1.55. The van der Waals surface area contributed by atoms with Crippen LogP contribution in [0.15, 0.2) is 36.4 Å². The summed E-state index contributed by atoms with van der Waals surface area (Å²) in [5, 5.41) is 0.638. The van der Waals surface area contributed by atoms with Crippen LogP contribution in [0.2, 0.25) is 0 Å². The monoisotopic (exact) mass is 443 g/mol. The maximum atomic E-state index is 13.9. The summed E-state index contributed by atoms with van der Waals surface area (Å²) < 4.78 is 25.8. The molecule has 0 atom stereocenters. The fraction of sp³-hybridized carbons (Fsp3) is 0.391. The molecule has 0 saturated carbocycles. The van der Waals surface area contributed by atoms with Gasteiger partial charge in [-0.15, -0.1) is 0 Å². The number of halogens is 1. The lowest BCUT2D eigenvalue weighted by molar-refractivity contribution is -0.120. The summed E-state index contributed by atoms with van der Waals surface area (Å²) in [7, 11) is 0. The van der Waals surface area contributed by atoms with Crippen molar-refractivity contribution in [1.29, 1.82) is 0 Å². The highest BCUT2D eigenvalue weighted by Gasteiger charge is 2.23. The third-order valence-electron chi connectivity index (χ3n) is 5.54. The van der Waals surface area contributed by atoms with Crippen LogP contribution >= 0.6 is 11.3 Å². The topological polar surface area (TPSA) is 54.9 Å². The number of para-hydroxylation sites is 1. The Morgan fingerprint density at radius 1 is 1.23 bits per heavy atom. The molecule has 2 heterocycles. The third kappa shape index (κ3) is 5.03. The number of carbonyl (C=O) groups is 1. The van der Waals surface area contributed by atoms with Crippen LogP contribution in [0.1, 0.15) is 11.1 Å². The van der Waals surface area contributed by atoms with Gasteiger partial charge in [0, 0.05) is 26.2 Å². The Hall–Kier alpha value is -2.55. The third-order valence-corrected chi connectivity index (χ3v) is 6.58. The van der Waals surface area contributed by atoms with Crippen LogP contribution in [0.4, 0.5) is 9.52 Å². The quantitative estimate of drug-likeness (QED) is 0.556. The van der Waals surface area contributed by atoms with E-state index in [0.29, 0.717) is 31.4 Å². The number of nitrogens with zero attached hydrogens (tertiary/aromatic N) is 3. The van der Waals surface area contributed by atoms with Gasteiger partial charge in [0.1, 0.15) is 0 Å². The summed E-state index contributed by atoms with van der Waals surface area (Å²) >= 11 is 1.49. The van der Waals surface area contributed by atoms with Crippen molar-refractivity contribution < 1.29 is 18.7 Å². The highest BCUT2D eigenvalue weighted by molar-refractivity contribution is 7.22. The molecule has 1 saturated heterocycles. The summed E-state index contributed by atoms with van der Waals surface area (Å²) in [4.78, 5) is 21.8. The van der Waals surface area contributed by atoms with Gasteiger partial charge in [0.2, 0.25) is 0 Å². The summed E-state index contributed by atoms with van der Waals surface area (Å²) in [5.41, 5.74) is 3.20. The number of rotatable bonds is 7. The van der Waals surface area contributed by atoms with Gasteiger partial charge >= 0.3 is 0 Å². The molecule has 1 aliphatic heterocycles. The van der Waals surface area contributed by atoms with Crippen molar-refractivity contribution in [2.45, 2.75) is 13.8 Å². The lowest BCUT2D eigenvalue weighted by Crippen LogP contribution is -2.44. The Kier molecular flexibility index (Phi) is 6.80. The minimum Gasteiger partial charge on any atom is -0.481 e. The number of fused-ring (bicyclic) bond motifs is 1. The van der Waals surface area contributed by atoms with Crippen molar-refractivity contribution in [3.8, 4) is 5.75 Å². The van der Waals surface area contributed by atoms with Crippen LogP contribution in [0, 0.1) is 19.7 Å². The van der Waals surface area contributed by atoms with Crippen LogP contribution < -0.4 is 9.64 Å². The van der Waals surface area contributed by atoms with Crippen molar-refractivity contribution in [3.05, 3.63) is 53.3 Å². The first kappa shape index (κ1) is 21.7. The van der Waals surface area contributed by atoms with E-state index in [4.69, 9.17) is 14.5 Å². The van der Waals surface area contributed by atoms with E-state index in [0.717, 1.165) is 28.9 Å². The van der Waals surface area contributed by atoms with Gasteiger partial charge in [0.15, 0.2) is 23.3 Å². The molecule has 0 spiro atoms. The normalized spacial score (nSPS) is 14.7. The van der Waals surface area contributed by atoms with Crippen LogP contribution in [-0.4, -0.2) is 61.8 Å². The number of benzene rings is 2. The summed E-state index contributed by atoms with van der Waals surface area (Å²) in [6.45, 7) is 8.11. The van der Waals surface area contributed by atoms with Crippen molar-refractivity contribution in [2.24, 2.45) is 0 Å². The molecule has 0 aliphatic carbocycles. The first-order valence-electron chi connectivity index (χ1n) is 10.4. The molecule has 0 N–H and O–H groups in total. The second-order valence-corrected chi connectivity index (χ2v) is 8.58. The van der Waals surface area contributed by atoms with E-state index >= 15 is 0 Å². The first-order valence-corrected chi connectivity index (χ1v) is 11.2. The van der Waals surface area contributed by atoms with Gasteiger partial charge in [-0.3, -0.25) is 14.6 Å². The number of thiazole rings is 1. The van der Waals surface area contributed by atoms with Crippen LogP contribution in [0.25, 0.3) is 10.2 Å². The van der Waals surface area contributed by atoms with Crippen molar-refractivity contribution in [3.63, 3.8) is 0 Å². The number of aryl methyl sites for hydroxylation is 2. The van der Waals surface area contributed by atoms with E-state index < -0.39 is 5.82 Å². The van der Waals surface area contributed by atoms with Gasteiger partial charge in [0.25, 0.3) is 5.91 Å². The van der Waals surface area contributed by atoms with Crippen LogP contribution in [-0.2, 0) is 9.53 Å². The number of hydrogen-bond acceptors (Lipinski definition) is 6. The minimum absolute atomic E-state index is 0.0692. The van der Waals surface area contributed by atoms with E-state index in [1.54, 1.807) is 17.0 Å². The molecule has 2 aromatic carbocycles. The molecule has 0 bridgehead atoms. The van der Waals surface area contributed by atoms with E-state index in [1.165, 1.54) is 29.0 Å². The van der Waals surface area contributed by atoms with Gasteiger partial charge in [-0.05, 0) is 43.2 Å². The zero-order valence-corrected chi connectivity index (χ0v) is 18.6. The van der Waals surface area contributed by atoms with Crippen LogP contribution in [0.5, 0.6) is 5.75 Å². The minimum atomic E-state index is -0.485. The van der Waals surface area contributed by atoms with Gasteiger partial charge in [0.05, 0.1) is 23.4 Å². The van der Waals surface area contributed by atoms with E-state index in [-0.39, 0.29) is 18.3 Å². The summed E-state index contributed by atoms with van der Waals surface area (Å²) in [5.74, 6) is -0.661. The zero-order valence-electron chi connectivity index (χ0n) is 17.8. The Labute approximate surface area is 185 Å². The van der Waals surface area contributed by atoms with Crippen molar-refractivity contribution in [2.75, 3.05) is 50.9 Å². The molecular formula is C23H26FN3O3S. The number of ether oxygens (including phenoxy) is 2. The molecule has 4 rings (SSSR count). The predicted octanol–water partition coefficient (Wildman–Crippen LogP) is 3.80. The molecule has 164 valence electrons. The Morgan fingerprint density at radius 2 is 2.00 bits per heavy atom. The van der Waals surface area contributed by atoms with Crippen molar-refractivity contribution in [1.82, 2.24) is 9.88 Å². The highest BCUT2D eigenvalue weighted by atomic mass is 32.1. The molecular weight excluding hydrogens is 417 g/mol. The molecule has 8 heteroatoms. The van der Waals surface area contributed by atoms with E-state index in [1.807, 2.05) is 13.0 Å². The molecule has 6 nitrogen and oxygen atoms in total. The molecule has 3 aromatic rings. The molecule has 31 heavy (non-hydrogen) atoms. The maximum absolute atomic E-state index is 13.9. The number of morpholine rings is 1. The molecule has 0 unspecified atom stereocenters. The number of hydrogen-bond donors (Lipinski definition) is 0. The average Bonchev–Trinajstić information content (AvgIpc) is 3.21. The number of anilines is 1. The van der Waals surface area contributed by atoms with Gasteiger partial charge in [-0.1, -0.05) is 29.5 Å². The molecule has 1 aromatic heterocycles. The second kappa shape index (κ2) is 9.72. The maximum Gasteiger partial charge on any atom is 0.266 e. The summed E-state index contributed by atoms with van der Waals surface area (Å²) in [6, 6.07) is 10.2. The van der Waals surface area contributed by atoms with Gasteiger partial charge in [-0.25, -0.2) is 9.37 Å². The Morgan fingerprint density at radius 3 is 2.77 bits per heavy atom. The smallest absolute Gasteiger partial charge is 0.266 e. The van der Waals surface area contributed by atoms with Crippen LogP contribution in [0.3, 0.4) is 0 Å². The number of amides is 1. The average molecular weight is 444 g/mol. The first-order chi connectivity index (χ1) is 15.0. The summed E-state index contributed by atoms with van der Waals surface area (Å²) in [6.07, 6.45) is 0. The van der Waals surface area contributed by atoms with Gasteiger partial charge in [-0.2, -0.15) is 0 Å². The second-order valence-electron chi connectivity index (χ2n) is 7.57. The Bertz CT molecular complexity index is 1070. The lowest BCUT2D eigenvalue weighted by atomic mass is 10.1. The van der Waals surface area contributed by atoms with Crippen molar-refractivity contribution >= 4 is 32.6 Å². The number of carbonyl (C=O) groups excluding carboxylic acids is 1. The number of aromatic nitrogens is 1. The van der Waals surface area contributed by atoms with Gasteiger partial charge < -0.3 is 9.47 Å². The molecule has 1 fully saturated rings. The predicted molar refractivity (Wildman–Crippen MR) is 121 cm³/mol. The lowest BCUT2D eigenvalue weighted by Gasteiger charge is -2.29. The fourth-order valence-corrected chi connectivity index (χ4v) is 4.57. The van der Waals surface area contributed by atoms with E-state index in [2.05, 4.69) is 17.9 Å². The highest BCUT2D eigenvalue weighted by Crippen LogP contribution is 2.32. The fourth-order valence-electron chi connectivity index (χ4n) is 3.50. The van der Waals surface area contributed by atoms with E-state index in [9.17, 15) is 9.18 Å². The molecule has 1 amide bonds. The largest absolute Gasteiger partial charge is 0.481 e.